The van der Waals surface area contributed by atoms with Crippen molar-refractivity contribution >= 4 is 22.3 Å². The summed E-state index contributed by atoms with van der Waals surface area (Å²) in [5.74, 6) is 0.0720. The third kappa shape index (κ3) is 2.78. The summed E-state index contributed by atoms with van der Waals surface area (Å²) in [4.78, 5) is 18.6. The molecule has 0 radical (unpaired) electrons. The summed E-state index contributed by atoms with van der Waals surface area (Å²) in [6.07, 6.45) is 0.539. The van der Waals surface area contributed by atoms with Gasteiger partial charge in [-0.2, -0.15) is 4.98 Å². The number of hydrogen-bond donors (Lipinski definition) is 2. The predicted molar refractivity (Wildman–Crippen MR) is 60.3 cm³/mol. The van der Waals surface area contributed by atoms with Gasteiger partial charge in [0.15, 0.2) is 11.5 Å². The van der Waals surface area contributed by atoms with E-state index >= 15 is 0 Å². The quantitative estimate of drug-likeness (QED) is 0.826. The summed E-state index contributed by atoms with van der Waals surface area (Å²) in [7, 11) is 0. The second-order valence-electron chi connectivity index (χ2n) is 3.25. The molecule has 0 aliphatic rings. The lowest BCUT2D eigenvalue weighted by molar-refractivity contribution is 0.0692. The highest BCUT2D eigenvalue weighted by Crippen LogP contribution is 2.19. The summed E-state index contributed by atoms with van der Waals surface area (Å²) >= 11 is 1.25. The molecule has 0 aliphatic carbocycles. The number of hydrogen-bond acceptors (Lipinski definition) is 7. The molecule has 2 aromatic rings. The zero-order valence-corrected chi connectivity index (χ0v) is 9.82. The lowest BCUT2D eigenvalue weighted by atomic mass is 10.4. The Balaban J connectivity index is 1.90. The molecular formula is C9H10N4O3S. The van der Waals surface area contributed by atoms with E-state index in [1.165, 1.54) is 16.8 Å². The molecule has 2 rings (SSSR count). The molecule has 7 nitrogen and oxygen atoms in total. The summed E-state index contributed by atoms with van der Waals surface area (Å²) < 4.78 is 4.93. The summed E-state index contributed by atoms with van der Waals surface area (Å²) in [6.45, 7) is 2.26. The number of nitrogens with zero attached hydrogens (tertiary/aromatic N) is 3. The van der Waals surface area contributed by atoms with E-state index in [1.54, 1.807) is 6.92 Å². The fourth-order valence-electron chi connectivity index (χ4n) is 1.25. The number of aromatic nitrogens is 3. The van der Waals surface area contributed by atoms with E-state index in [2.05, 4.69) is 20.4 Å². The number of rotatable bonds is 5. The van der Waals surface area contributed by atoms with Crippen molar-refractivity contribution in [3.05, 3.63) is 22.9 Å². The zero-order valence-electron chi connectivity index (χ0n) is 9.01. The van der Waals surface area contributed by atoms with Gasteiger partial charge in [0, 0.05) is 13.0 Å². The Kier molecular flexibility index (Phi) is 3.33. The first kappa shape index (κ1) is 11.5. The fourth-order valence-corrected chi connectivity index (χ4v) is 1.95. The van der Waals surface area contributed by atoms with Crippen molar-refractivity contribution in [2.45, 2.75) is 13.3 Å². The minimum absolute atomic E-state index is 0.0386. The van der Waals surface area contributed by atoms with E-state index in [0.717, 1.165) is 0 Å². The topological polar surface area (TPSA) is 101 Å². The standard InChI is InChI=1S/C9H10N4O3S/c1-5-12-6(16-13-5)2-3-10-8-7(9(14)15)11-4-17-8/h4,10H,2-3H2,1H3,(H,14,15). The molecule has 0 atom stereocenters. The summed E-state index contributed by atoms with van der Waals surface area (Å²) in [5.41, 5.74) is 1.53. The van der Waals surface area contributed by atoms with Gasteiger partial charge in [-0.05, 0) is 6.92 Å². The van der Waals surface area contributed by atoms with Crippen molar-refractivity contribution in [3.8, 4) is 0 Å². The van der Waals surface area contributed by atoms with Crippen molar-refractivity contribution in [3.63, 3.8) is 0 Å². The first-order valence-corrected chi connectivity index (χ1v) is 5.74. The number of carboxylic acids is 1. The highest BCUT2D eigenvalue weighted by Gasteiger charge is 2.13. The van der Waals surface area contributed by atoms with Crippen LogP contribution >= 0.6 is 11.3 Å². The van der Waals surface area contributed by atoms with Crippen LogP contribution in [-0.4, -0.2) is 32.7 Å². The summed E-state index contributed by atoms with van der Waals surface area (Å²) in [5, 5.41) is 16.0. The molecule has 0 bridgehead atoms. The van der Waals surface area contributed by atoms with Crippen molar-refractivity contribution in [1.29, 1.82) is 0 Å². The van der Waals surface area contributed by atoms with Crippen LogP contribution in [0.2, 0.25) is 0 Å². The number of aromatic carboxylic acids is 1. The smallest absolute Gasteiger partial charge is 0.357 e. The molecule has 0 saturated heterocycles. The molecule has 2 aromatic heterocycles. The largest absolute Gasteiger partial charge is 0.476 e. The van der Waals surface area contributed by atoms with Gasteiger partial charge in [-0.25, -0.2) is 9.78 Å². The van der Waals surface area contributed by atoms with Crippen molar-refractivity contribution in [1.82, 2.24) is 15.1 Å². The van der Waals surface area contributed by atoms with Crippen LogP contribution in [0.1, 0.15) is 22.2 Å². The van der Waals surface area contributed by atoms with Gasteiger partial charge in [0.25, 0.3) is 0 Å². The average molecular weight is 254 g/mol. The molecule has 8 heteroatoms. The lowest BCUT2D eigenvalue weighted by Gasteiger charge is -2.01. The third-order valence-electron chi connectivity index (χ3n) is 1.96. The Morgan fingerprint density at radius 2 is 2.47 bits per heavy atom. The number of anilines is 1. The summed E-state index contributed by atoms with van der Waals surface area (Å²) in [6, 6.07) is 0. The van der Waals surface area contributed by atoms with E-state index < -0.39 is 5.97 Å². The third-order valence-corrected chi connectivity index (χ3v) is 2.75. The monoisotopic (exact) mass is 254 g/mol. The Bertz CT molecular complexity index is 522. The Morgan fingerprint density at radius 3 is 3.12 bits per heavy atom. The molecule has 0 fully saturated rings. The molecule has 90 valence electrons. The van der Waals surface area contributed by atoms with Gasteiger partial charge in [0.05, 0.1) is 5.51 Å². The second kappa shape index (κ2) is 4.91. The predicted octanol–water partition coefficient (Wildman–Crippen LogP) is 1.19. The average Bonchev–Trinajstić information content (AvgIpc) is 2.87. The van der Waals surface area contributed by atoms with Gasteiger partial charge in [-0.15, -0.1) is 11.3 Å². The van der Waals surface area contributed by atoms with Gasteiger partial charge in [-0.3, -0.25) is 0 Å². The van der Waals surface area contributed by atoms with Gasteiger partial charge in [0.2, 0.25) is 5.89 Å². The van der Waals surface area contributed by atoms with Crippen molar-refractivity contribution < 1.29 is 14.4 Å². The van der Waals surface area contributed by atoms with Crippen LogP contribution in [0.4, 0.5) is 5.00 Å². The molecule has 0 aliphatic heterocycles. The lowest BCUT2D eigenvalue weighted by Crippen LogP contribution is -2.08. The van der Waals surface area contributed by atoms with E-state index in [9.17, 15) is 4.79 Å². The van der Waals surface area contributed by atoms with Crippen molar-refractivity contribution in [2.75, 3.05) is 11.9 Å². The maximum atomic E-state index is 10.8. The van der Waals surface area contributed by atoms with Gasteiger partial charge in [-0.1, -0.05) is 5.16 Å². The Morgan fingerprint density at radius 1 is 1.65 bits per heavy atom. The minimum Gasteiger partial charge on any atom is -0.476 e. The van der Waals surface area contributed by atoms with Crippen LogP contribution in [0.25, 0.3) is 0 Å². The van der Waals surface area contributed by atoms with Crippen LogP contribution in [0.15, 0.2) is 10.0 Å². The second-order valence-corrected chi connectivity index (χ2v) is 4.10. The minimum atomic E-state index is -1.04. The maximum absolute atomic E-state index is 10.8. The normalized spacial score (nSPS) is 10.4. The van der Waals surface area contributed by atoms with Crippen LogP contribution < -0.4 is 5.32 Å². The SMILES string of the molecule is Cc1noc(CCNc2scnc2C(=O)O)n1. The number of thiazole rings is 1. The van der Waals surface area contributed by atoms with E-state index in [0.29, 0.717) is 29.7 Å². The molecule has 0 saturated carbocycles. The zero-order chi connectivity index (χ0) is 12.3. The van der Waals surface area contributed by atoms with Crippen LogP contribution in [0, 0.1) is 6.92 Å². The first-order valence-electron chi connectivity index (χ1n) is 4.86. The van der Waals surface area contributed by atoms with Gasteiger partial charge in [0.1, 0.15) is 5.00 Å². The Hall–Kier alpha value is -1.96. The number of nitrogens with one attached hydrogen (secondary N) is 1. The van der Waals surface area contributed by atoms with Crippen LogP contribution in [0.5, 0.6) is 0 Å². The number of carboxylic acid groups (broad SMARTS) is 1. The van der Waals surface area contributed by atoms with Crippen LogP contribution in [-0.2, 0) is 6.42 Å². The van der Waals surface area contributed by atoms with Gasteiger partial charge < -0.3 is 14.9 Å². The van der Waals surface area contributed by atoms with E-state index in [1.807, 2.05) is 0 Å². The number of aryl methyl sites for hydroxylation is 1. The first-order chi connectivity index (χ1) is 8.16. The van der Waals surface area contributed by atoms with E-state index in [-0.39, 0.29) is 5.69 Å². The molecule has 0 spiro atoms. The Labute approximate surface area is 100 Å². The molecule has 17 heavy (non-hydrogen) atoms. The van der Waals surface area contributed by atoms with E-state index in [4.69, 9.17) is 9.63 Å². The molecule has 2 heterocycles. The fraction of sp³-hybridized carbons (Fsp3) is 0.333. The molecular weight excluding hydrogens is 244 g/mol. The number of carbonyl (C=O) groups is 1. The molecule has 2 N–H and O–H groups in total. The van der Waals surface area contributed by atoms with Crippen LogP contribution in [0.3, 0.4) is 0 Å². The maximum Gasteiger partial charge on any atom is 0.357 e. The van der Waals surface area contributed by atoms with Gasteiger partial charge >= 0.3 is 5.97 Å². The van der Waals surface area contributed by atoms with Crippen molar-refractivity contribution in [2.24, 2.45) is 0 Å². The molecule has 0 unspecified atom stereocenters. The highest BCUT2D eigenvalue weighted by atomic mass is 32.1. The molecule has 0 amide bonds. The highest BCUT2D eigenvalue weighted by molar-refractivity contribution is 7.14. The molecule has 0 aromatic carbocycles.